The van der Waals surface area contributed by atoms with Crippen LogP contribution in [0.1, 0.15) is 5.56 Å². The topological polar surface area (TPSA) is 41.6 Å². The maximum Gasteiger partial charge on any atom is 0.224 e. The average molecular weight is 328 g/mol. The molecule has 1 saturated heterocycles. The van der Waals surface area contributed by atoms with Gasteiger partial charge < -0.3 is 15.0 Å². The highest BCUT2D eigenvalue weighted by Gasteiger charge is 2.21. The molecule has 2 aromatic rings. The van der Waals surface area contributed by atoms with Crippen molar-refractivity contribution in [2.24, 2.45) is 0 Å². The van der Waals surface area contributed by atoms with E-state index in [1.165, 1.54) is 6.07 Å². The van der Waals surface area contributed by atoms with Gasteiger partial charge in [0.15, 0.2) is 0 Å². The lowest BCUT2D eigenvalue weighted by Gasteiger charge is -2.34. The quantitative estimate of drug-likeness (QED) is 0.916. The number of nitrogens with zero attached hydrogens (tertiary/aromatic N) is 1. The van der Waals surface area contributed by atoms with Gasteiger partial charge in [0.2, 0.25) is 5.91 Å². The number of rotatable bonds is 5. The zero-order valence-corrected chi connectivity index (χ0v) is 13.5. The maximum atomic E-state index is 13.6. The van der Waals surface area contributed by atoms with Crippen LogP contribution in [0.4, 0.5) is 10.1 Å². The van der Waals surface area contributed by atoms with Gasteiger partial charge in [-0.15, -0.1) is 0 Å². The highest BCUT2D eigenvalue weighted by molar-refractivity contribution is 5.78. The van der Waals surface area contributed by atoms with Gasteiger partial charge in [-0.25, -0.2) is 4.39 Å². The van der Waals surface area contributed by atoms with Gasteiger partial charge in [-0.2, -0.15) is 0 Å². The number of benzene rings is 2. The molecule has 126 valence electrons. The first-order chi connectivity index (χ1) is 11.7. The molecule has 0 aromatic heterocycles. The number of halogens is 1. The highest BCUT2D eigenvalue weighted by Crippen LogP contribution is 2.16. The molecule has 1 amide bonds. The van der Waals surface area contributed by atoms with E-state index in [-0.39, 0.29) is 24.2 Å². The largest absolute Gasteiger partial charge is 0.373 e. The minimum atomic E-state index is -0.350. The Balaban J connectivity index is 1.49. The minimum absolute atomic E-state index is 0.0434. The number of amides is 1. The molecular formula is C19H21FN2O2. The van der Waals surface area contributed by atoms with Crippen LogP contribution >= 0.6 is 0 Å². The standard InChI is InChI=1S/C19H21FN2O2/c20-18-9-5-4-6-15(18)12-19(23)21-13-17-14-22(10-11-24-17)16-7-2-1-3-8-16/h1-9,17H,10-14H2,(H,21,23). The van der Waals surface area contributed by atoms with Crippen molar-refractivity contribution in [1.82, 2.24) is 5.32 Å². The van der Waals surface area contributed by atoms with Gasteiger partial charge >= 0.3 is 0 Å². The number of hydrogen-bond donors (Lipinski definition) is 1. The Kier molecular flexibility index (Phi) is 5.43. The van der Waals surface area contributed by atoms with Crippen LogP contribution in [0.15, 0.2) is 54.6 Å². The van der Waals surface area contributed by atoms with Crippen LogP contribution in [0.5, 0.6) is 0 Å². The third kappa shape index (κ3) is 4.32. The molecule has 0 aliphatic carbocycles. The Morgan fingerprint density at radius 1 is 1.17 bits per heavy atom. The molecule has 1 N–H and O–H groups in total. The molecule has 3 rings (SSSR count). The number of nitrogens with one attached hydrogen (secondary N) is 1. The Bertz CT molecular complexity index is 678. The normalized spacial score (nSPS) is 17.5. The SMILES string of the molecule is O=C(Cc1ccccc1F)NCC1CN(c2ccccc2)CCO1. The number of ether oxygens (including phenoxy) is 1. The van der Waals surface area contributed by atoms with Gasteiger partial charge in [0, 0.05) is 25.3 Å². The van der Waals surface area contributed by atoms with E-state index in [1.807, 2.05) is 18.2 Å². The molecule has 1 fully saturated rings. The summed E-state index contributed by atoms with van der Waals surface area (Å²) < 4.78 is 19.3. The lowest BCUT2D eigenvalue weighted by atomic mass is 10.1. The van der Waals surface area contributed by atoms with Crippen LogP contribution in [-0.4, -0.2) is 38.3 Å². The predicted octanol–water partition coefficient (Wildman–Crippen LogP) is 2.39. The molecule has 1 atom stereocenters. The van der Waals surface area contributed by atoms with E-state index >= 15 is 0 Å². The van der Waals surface area contributed by atoms with Gasteiger partial charge in [0.05, 0.1) is 19.1 Å². The number of hydrogen-bond acceptors (Lipinski definition) is 3. The van der Waals surface area contributed by atoms with Crippen molar-refractivity contribution in [3.63, 3.8) is 0 Å². The van der Waals surface area contributed by atoms with Gasteiger partial charge in [-0.3, -0.25) is 4.79 Å². The van der Waals surface area contributed by atoms with Crippen molar-refractivity contribution >= 4 is 11.6 Å². The number of carbonyl (C=O) groups excluding carboxylic acids is 1. The van der Waals surface area contributed by atoms with E-state index in [0.717, 1.165) is 18.8 Å². The van der Waals surface area contributed by atoms with Crippen molar-refractivity contribution in [3.05, 3.63) is 66.0 Å². The zero-order chi connectivity index (χ0) is 16.8. The summed E-state index contributed by atoms with van der Waals surface area (Å²) in [6.07, 6.45) is -0.0227. The molecule has 24 heavy (non-hydrogen) atoms. The summed E-state index contributed by atoms with van der Waals surface area (Å²) >= 11 is 0. The van der Waals surface area contributed by atoms with Crippen LogP contribution in [0.2, 0.25) is 0 Å². The number of carbonyl (C=O) groups is 1. The Labute approximate surface area is 141 Å². The third-order valence-corrected chi connectivity index (χ3v) is 4.10. The second kappa shape index (κ2) is 7.93. The average Bonchev–Trinajstić information content (AvgIpc) is 2.63. The second-order valence-electron chi connectivity index (χ2n) is 5.85. The Hall–Kier alpha value is -2.40. The summed E-state index contributed by atoms with van der Waals surface area (Å²) in [5, 5.41) is 2.84. The van der Waals surface area contributed by atoms with E-state index in [4.69, 9.17) is 4.74 Å². The lowest BCUT2D eigenvalue weighted by molar-refractivity contribution is -0.121. The summed E-state index contributed by atoms with van der Waals surface area (Å²) in [5.41, 5.74) is 1.56. The Morgan fingerprint density at radius 3 is 2.71 bits per heavy atom. The van der Waals surface area contributed by atoms with Gasteiger partial charge in [-0.1, -0.05) is 36.4 Å². The number of morpholine rings is 1. The fourth-order valence-corrected chi connectivity index (χ4v) is 2.82. The van der Waals surface area contributed by atoms with Crippen molar-refractivity contribution in [2.75, 3.05) is 31.1 Å². The molecule has 0 bridgehead atoms. The summed E-state index contributed by atoms with van der Waals surface area (Å²) in [6.45, 7) is 2.62. The van der Waals surface area contributed by atoms with E-state index < -0.39 is 0 Å². The van der Waals surface area contributed by atoms with Crippen LogP contribution in [0, 0.1) is 5.82 Å². The van der Waals surface area contributed by atoms with Gasteiger partial charge in [0.1, 0.15) is 5.82 Å². The summed E-state index contributed by atoms with van der Waals surface area (Å²) in [4.78, 5) is 14.3. The van der Waals surface area contributed by atoms with Gasteiger partial charge in [0.25, 0.3) is 0 Å². The van der Waals surface area contributed by atoms with E-state index in [1.54, 1.807) is 18.2 Å². The van der Waals surface area contributed by atoms with Crippen molar-refractivity contribution in [2.45, 2.75) is 12.5 Å². The number of para-hydroxylation sites is 1. The first kappa shape index (κ1) is 16.5. The molecule has 5 heteroatoms. The van der Waals surface area contributed by atoms with Crippen LogP contribution in [-0.2, 0) is 16.0 Å². The highest BCUT2D eigenvalue weighted by atomic mass is 19.1. The monoisotopic (exact) mass is 328 g/mol. The smallest absolute Gasteiger partial charge is 0.224 e. The molecule has 1 heterocycles. The van der Waals surface area contributed by atoms with Crippen molar-refractivity contribution < 1.29 is 13.9 Å². The number of anilines is 1. The fourth-order valence-electron chi connectivity index (χ4n) is 2.82. The molecule has 4 nitrogen and oxygen atoms in total. The van der Waals surface area contributed by atoms with Crippen molar-refractivity contribution in [1.29, 1.82) is 0 Å². The first-order valence-electron chi connectivity index (χ1n) is 8.14. The third-order valence-electron chi connectivity index (χ3n) is 4.10. The molecule has 1 aliphatic heterocycles. The van der Waals surface area contributed by atoms with Crippen LogP contribution in [0.3, 0.4) is 0 Å². The Morgan fingerprint density at radius 2 is 1.92 bits per heavy atom. The fraction of sp³-hybridized carbons (Fsp3) is 0.316. The second-order valence-corrected chi connectivity index (χ2v) is 5.85. The van der Waals surface area contributed by atoms with Crippen molar-refractivity contribution in [3.8, 4) is 0 Å². The lowest BCUT2D eigenvalue weighted by Crippen LogP contribution is -2.47. The molecule has 1 unspecified atom stereocenters. The maximum absolute atomic E-state index is 13.6. The summed E-state index contributed by atoms with van der Waals surface area (Å²) in [5.74, 6) is -0.544. The van der Waals surface area contributed by atoms with E-state index in [2.05, 4.69) is 22.3 Å². The van der Waals surface area contributed by atoms with E-state index in [0.29, 0.717) is 18.7 Å². The summed E-state index contributed by atoms with van der Waals surface area (Å²) in [6, 6.07) is 16.5. The first-order valence-corrected chi connectivity index (χ1v) is 8.14. The minimum Gasteiger partial charge on any atom is -0.373 e. The van der Waals surface area contributed by atoms with E-state index in [9.17, 15) is 9.18 Å². The molecule has 0 radical (unpaired) electrons. The molecule has 1 aliphatic rings. The van der Waals surface area contributed by atoms with Crippen LogP contribution in [0.25, 0.3) is 0 Å². The van der Waals surface area contributed by atoms with Crippen LogP contribution < -0.4 is 10.2 Å². The molecule has 0 spiro atoms. The zero-order valence-electron chi connectivity index (χ0n) is 13.5. The summed E-state index contributed by atoms with van der Waals surface area (Å²) in [7, 11) is 0. The van der Waals surface area contributed by atoms with Gasteiger partial charge in [-0.05, 0) is 23.8 Å². The molecular weight excluding hydrogens is 307 g/mol. The molecule has 0 saturated carbocycles. The predicted molar refractivity (Wildman–Crippen MR) is 91.5 cm³/mol. The molecule has 2 aromatic carbocycles.